The smallest absolute Gasteiger partial charge is 0.410 e. The highest BCUT2D eigenvalue weighted by molar-refractivity contribution is 5.74. The molecule has 1 saturated carbocycles. The Bertz CT molecular complexity index is 387. The van der Waals surface area contributed by atoms with Crippen LogP contribution in [0.3, 0.4) is 0 Å². The summed E-state index contributed by atoms with van der Waals surface area (Å²) in [7, 11) is 0. The lowest BCUT2D eigenvalue weighted by Crippen LogP contribution is -2.47. The Hall–Kier alpha value is -1.50. The Kier molecular flexibility index (Phi) is 7.61. The molecular formula is C16H31N3O4. The minimum atomic E-state index is -0.527. The van der Waals surface area contributed by atoms with Crippen LogP contribution in [-0.4, -0.2) is 59.5 Å². The predicted molar refractivity (Wildman–Crippen MR) is 88.3 cm³/mol. The van der Waals surface area contributed by atoms with Gasteiger partial charge < -0.3 is 25.4 Å². The molecule has 1 rings (SSSR count). The molecule has 0 heterocycles. The van der Waals surface area contributed by atoms with Crippen molar-refractivity contribution in [2.75, 3.05) is 19.6 Å². The summed E-state index contributed by atoms with van der Waals surface area (Å²) in [6, 6.07) is -0.113. The fourth-order valence-corrected chi connectivity index (χ4v) is 2.47. The second-order valence-electron chi connectivity index (χ2n) is 6.97. The number of carbonyl (C=O) groups excluding carboxylic acids is 2. The van der Waals surface area contributed by atoms with Gasteiger partial charge in [0.15, 0.2) is 0 Å². The van der Waals surface area contributed by atoms with Gasteiger partial charge in [0, 0.05) is 25.7 Å². The molecule has 134 valence electrons. The van der Waals surface area contributed by atoms with E-state index in [4.69, 9.17) is 4.74 Å². The molecule has 1 aliphatic rings. The van der Waals surface area contributed by atoms with E-state index >= 15 is 0 Å². The zero-order valence-corrected chi connectivity index (χ0v) is 14.7. The van der Waals surface area contributed by atoms with Crippen LogP contribution in [0, 0.1) is 0 Å². The van der Waals surface area contributed by atoms with Crippen LogP contribution in [0.5, 0.6) is 0 Å². The summed E-state index contributed by atoms with van der Waals surface area (Å²) in [5.41, 5.74) is -0.527. The lowest BCUT2D eigenvalue weighted by atomic mass is 9.93. The highest BCUT2D eigenvalue weighted by atomic mass is 16.6. The molecule has 3 N–H and O–H groups in total. The first-order chi connectivity index (χ1) is 10.7. The van der Waals surface area contributed by atoms with Crippen LogP contribution in [0.15, 0.2) is 0 Å². The largest absolute Gasteiger partial charge is 0.444 e. The van der Waals surface area contributed by atoms with Crippen molar-refractivity contribution in [3.05, 3.63) is 0 Å². The minimum absolute atomic E-state index is 0.117. The summed E-state index contributed by atoms with van der Waals surface area (Å²) in [4.78, 5) is 25.4. The first kappa shape index (κ1) is 19.5. The van der Waals surface area contributed by atoms with Crippen molar-refractivity contribution in [3.8, 4) is 0 Å². The van der Waals surface area contributed by atoms with Crippen LogP contribution in [-0.2, 0) is 4.74 Å². The van der Waals surface area contributed by atoms with Crippen molar-refractivity contribution in [2.45, 2.75) is 71.1 Å². The van der Waals surface area contributed by atoms with Crippen molar-refractivity contribution >= 4 is 12.1 Å². The number of ether oxygens (including phenoxy) is 1. The van der Waals surface area contributed by atoms with Crippen LogP contribution in [0.25, 0.3) is 0 Å². The zero-order valence-electron chi connectivity index (χ0n) is 14.7. The maximum absolute atomic E-state index is 12.0. The normalized spacial score (nSPS) is 21.4. The highest BCUT2D eigenvalue weighted by Gasteiger charge is 2.22. The third kappa shape index (κ3) is 8.06. The molecule has 0 spiro atoms. The molecule has 0 aromatic rings. The van der Waals surface area contributed by atoms with Crippen molar-refractivity contribution in [3.63, 3.8) is 0 Å². The third-order valence-corrected chi connectivity index (χ3v) is 3.73. The molecule has 7 heteroatoms. The van der Waals surface area contributed by atoms with E-state index < -0.39 is 5.60 Å². The molecular weight excluding hydrogens is 298 g/mol. The quantitative estimate of drug-likeness (QED) is 0.718. The van der Waals surface area contributed by atoms with E-state index in [0.29, 0.717) is 19.6 Å². The molecule has 0 aliphatic heterocycles. The van der Waals surface area contributed by atoms with Gasteiger partial charge in [-0.15, -0.1) is 0 Å². The monoisotopic (exact) mass is 329 g/mol. The molecule has 3 amide bonds. The van der Waals surface area contributed by atoms with Gasteiger partial charge in [-0.25, -0.2) is 9.59 Å². The van der Waals surface area contributed by atoms with E-state index in [2.05, 4.69) is 10.6 Å². The second kappa shape index (κ2) is 8.96. The molecule has 0 saturated heterocycles. The van der Waals surface area contributed by atoms with Gasteiger partial charge in [-0.3, -0.25) is 0 Å². The topological polar surface area (TPSA) is 90.9 Å². The summed E-state index contributed by atoms with van der Waals surface area (Å²) in [5, 5.41) is 15.1. The fraction of sp³-hybridized carbons (Fsp3) is 0.875. The number of hydrogen-bond acceptors (Lipinski definition) is 4. The van der Waals surface area contributed by atoms with Crippen LogP contribution in [0.4, 0.5) is 9.59 Å². The van der Waals surface area contributed by atoms with Gasteiger partial charge in [0.05, 0.1) is 6.10 Å². The molecule has 0 unspecified atom stereocenters. The van der Waals surface area contributed by atoms with E-state index in [1.54, 1.807) is 4.90 Å². The first-order valence-corrected chi connectivity index (χ1v) is 8.41. The van der Waals surface area contributed by atoms with Crippen molar-refractivity contribution in [1.82, 2.24) is 15.5 Å². The average Bonchev–Trinajstić information content (AvgIpc) is 2.44. The fourth-order valence-electron chi connectivity index (χ4n) is 2.47. The van der Waals surface area contributed by atoms with E-state index in [0.717, 1.165) is 25.7 Å². The van der Waals surface area contributed by atoms with Gasteiger partial charge in [0.25, 0.3) is 0 Å². The SMILES string of the molecule is CCN(CCNC(=O)NC1CCC(O)CC1)C(=O)OC(C)(C)C. The van der Waals surface area contributed by atoms with Crippen LogP contribution in [0.2, 0.25) is 0 Å². The maximum Gasteiger partial charge on any atom is 0.410 e. The molecule has 7 nitrogen and oxygen atoms in total. The molecule has 0 aromatic heterocycles. The summed E-state index contributed by atoms with van der Waals surface area (Å²) in [6.45, 7) is 8.65. The van der Waals surface area contributed by atoms with E-state index in [-0.39, 0.29) is 24.3 Å². The Labute approximate surface area is 138 Å². The summed E-state index contributed by atoms with van der Waals surface area (Å²) in [5.74, 6) is 0. The van der Waals surface area contributed by atoms with Gasteiger partial charge in [-0.2, -0.15) is 0 Å². The predicted octanol–water partition coefficient (Wildman–Crippen LogP) is 1.85. The van der Waals surface area contributed by atoms with Crippen molar-refractivity contribution < 1.29 is 19.4 Å². The van der Waals surface area contributed by atoms with Crippen molar-refractivity contribution in [2.24, 2.45) is 0 Å². The third-order valence-electron chi connectivity index (χ3n) is 3.73. The van der Waals surface area contributed by atoms with E-state index in [9.17, 15) is 14.7 Å². The number of likely N-dealkylation sites (N-methyl/N-ethyl adjacent to an activating group) is 1. The van der Waals surface area contributed by atoms with E-state index in [1.807, 2.05) is 27.7 Å². The molecule has 0 radical (unpaired) electrons. The van der Waals surface area contributed by atoms with Crippen LogP contribution >= 0.6 is 0 Å². The minimum Gasteiger partial charge on any atom is -0.444 e. The molecule has 0 aromatic carbocycles. The Morgan fingerprint density at radius 3 is 2.35 bits per heavy atom. The Balaban J connectivity index is 2.25. The van der Waals surface area contributed by atoms with Gasteiger partial charge in [0.1, 0.15) is 5.60 Å². The van der Waals surface area contributed by atoms with Gasteiger partial charge in [-0.1, -0.05) is 0 Å². The Morgan fingerprint density at radius 2 is 1.83 bits per heavy atom. The second-order valence-corrected chi connectivity index (χ2v) is 6.97. The van der Waals surface area contributed by atoms with Gasteiger partial charge in [-0.05, 0) is 53.4 Å². The molecule has 0 atom stereocenters. The number of hydrogen-bond donors (Lipinski definition) is 3. The first-order valence-electron chi connectivity index (χ1n) is 8.41. The lowest BCUT2D eigenvalue weighted by molar-refractivity contribution is 0.0262. The number of aliphatic hydroxyl groups excluding tert-OH is 1. The maximum atomic E-state index is 12.0. The Morgan fingerprint density at radius 1 is 1.22 bits per heavy atom. The van der Waals surface area contributed by atoms with Crippen LogP contribution in [0.1, 0.15) is 53.4 Å². The average molecular weight is 329 g/mol. The number of aliphatic hydroxyl groups is 1. The number of rotatable bonds is 5. The standard InChI is InChI=1S/C16H31N3O4/c1-5-19(15(22)23-16(2,3)4)11-10-17-14(21)18-12-6-8-13(20)9-7-12/h12-13,20H,5-11H2,1-4H3,(H2,17,18,21). The zero-order chi connectivity index (χ0) is 17.5. The number of nitrogens with one attached hydrogen (secondary N) is 2. The highest BCUT2D eigenvalue weighted by Crippen LogP contribution is 2.18. The number of nitrogens with zero attached hydrogens (tertiary/aromatic N) is 1. The molecule has 23 heavy (non-hydrogen) atoms. The summed E-state index contributed by atoms with van der Waals surface area (Å²) in [6.07, 6.45) is 2.45. The van der Waals surface area contributed by atoms with E-state index in [1.165, 1.54) is 0 Å². The molecule has 1 fully saturated rings. The van der Waals surface area contributed by atoms with Crippen molar-refractivity contribution in [1.29, 1.82) is 0 Å². The molecule has 1 aliphatic carbocycles. The number of carbonyl (C=O) groups is 2. The van der Waals surface area contributed by atoms with Crippen LogP contribution < -0.4 is 10.6 Å². The summed E-state index contributed by atoms with van der Waals surface area (Å²) < 4.78 is 5.31. The summed E-state index contributed by atoms with van der Waals surface area (Å²) >= 11 is 0. The van der Waals surface area contributed by atoms with Gasteiger partial charge >= 0.3 is 12.1 Å². The van der Waals surface area contributed by atoms with Gasteiger partial charge in [0.2, 0.25) is 0 Å². The number of amides is 3. The molecule has 0 bridgehead atoms. The number of urea groups is 1. The lowest BCUT2D eigenvalue weighted by Gasteiger charge is -2.27.